The largest absolute Gasteiger partial charge is 0.310 e. The molecule has 0 bridgehead atoms. The van der Waals surface area contributed by atoms with E-state index in [1.807, 2.05) is 0 Å². The molecule has 4 aromatic heterocycles. The van der Waals surface area contributed by atoms with Crippen LogP contribution in [0.2, 0.25) is 0 Å². The summed E-state index contributed by atoms with van der Waals surface area (Å²) in [5.74, 6) is 0. The zero-order valence-corrected chi connectivity index (χ0v) is 76.1. The predicted octanol–water partition coefficient (Wildman–Crippen LogP) is 35.2. The van der Waals surface area contributed by atoms with Crippen molar-refractivity contribution < 1.29 is 0 Å². The monoisotopic (exact) mass is 1740 g/mol. The maximum atomic E-state index is 2.38. The van der Waals surface area contributed by atoms with E-state index in [4.69, 9.17) is 0 Å². The number of anilines is 12. The quantitative estimate of drug-likeness (QED) is 0.0712. The van der Waals surface area contributed by atoms with Gasteiger partial charge in [-0.25, -0.2) is 0 Å². The maximum Gasteiger partial charge on any atom is 0.0542 e. The van der Waals surface area contributed by atoms with Crippen molar-refractivity contribution in [1.82, 2.24) is 18.3 Å². The van der Waals surface area contributed by atoms with Crippen molar-refractivity contribution in [3.05, 3.63) is 530 Å². The second-order valence-corrected chi connectivity index (χ2v) is 35.3. The van der Waals surface area contributed by atoms with E-state index in [-0.39, 0.29) is 0 Å². The molecule has 648 valence electrons. The molecule has 0 N–H and O–H groups in total. The molecule has 4 heterocycles. The Morgan fingerprint density at radius 3 is 0.471 bits per heavy atom. The number of rotatable bonds is 20. The summed E-state index contributed by atoms with van der Waals surface area (Å²) in [5, 5.41) is 9.91. The van der Waals surface area contributed by atoms with Crippen LogP contribution in [0.25, 0.3) is 134 Å². The van der Waals surface area contributed by atoms with Gasteiger partial charge >= 0.3 is 0 Å². The average Bonchev–Trinajstić information content (AvgIpc) is 1.60. The lowest BCUT2D eigenvalue weighted by Gasteiger charge is -2.26. The molecular weight excluding hydrogens is 1650 g/mol. The Kier molecular flexibility index (Phi) is 21.8. The van der Waals surface area contributed by atoms with Gasteiger partial charge in [-0.3, -0.25) is 0 Å². The van der Waals surface area contributed by atoms with Crippen LogP contribution in [-0.2, 0) is 0 Å². The number of benzene rings is 20. The minimum Gasteiger partial charge on any atom is -0.310 e. The normalized spacial score (nSPS) is 11.6. The second kappa shape index (κ2) is 35.9. The third-order valence-corrected chi connectivity index (χ3v) is 26.3. The molecule has 0 saturated carbocycles. The number of para-hydroxylation sites is 8. The minimum atomic E-state index is 1.10. The summed E-state index contributed by atoms with van der Waals surface area (Å²) in [4.78, 5) is 9.41. The van der Waals surface area contributed by atoms with Crippen LogP contribution in [0.1, 0.15) is 44.5 Å². The van der Waals surface area contributed by atoms with Crippen molar-refractivity contribution in [2.45, 2.75) is 27.7 Å². The van der Waals surface area contributed by atoms with E-state index < -0.39 is 0 Å². The molecule has 8 heteroatoms. The van der Waals surface area contributed by atoms with Gasteiger partial charge in [0.15, 0.2) is 0 Å². The SMILES string of the molecule is Cc1ccc2c(c1)c1cc(N(c3ccccc3)c3ccc(/C=C/c4ccc(N(c5ccccc5)c5ccc6c(c5)c5cc(C)ccc5n6-c5ccccc5)cc4)cc3)ccc1n2-c1ccccc1.Cc1ccc2c(c1)c1cc(N(c3ccccc3)c3ccc(/C=C/c4ccc(N(c5ccccc5)c5ccc6c(c5)c5cc(C)ccc5n6-c5ccccc5)cc4)cc3)ccc1n2-c1ccccc1. The van der Waals surface area contributed by atoms with Gasteiger partial charge in [0, 0.05) is 134 Å². The van der Waals surface area contributed by atoms with E-state index in [0.717, 1.165) is 113 Å². The molecule has 0 unspecified atom stereocenters. The zero-order valence-electron chi connectivity index (χ0n) is 76.1. The molecule has 0 fully saturated rings. The van der Waals surface area contributed by atoms with Gasteiger partial charge in [-0.05, 0) is 317 Å². The molecule has 24 rings (SSSR count). The van der Waals surface area contributed by atoms with Gasteiger partial charge in [0.25, 0.3) is 0 Å². The lowest BCUT2D eigenvalue weighted by atomic mass is 10.1. The van der Waals surface area contributed by atoms with E-state index in [2.05, 4.69) is 575 Å². The number of aryl methyl sites for hydroxylation is 4. The topological polar surface area (TPSA) is 32.7 Å². The fourth-order valence-electron chi connectivity index (χ4n) is 19.9. The fraction of sp³-hybridized carbons (Fsp3) is 0.0312. The van der Waals surface area contributed by atoms with Crippen molar-refractivity contribution in [2.75, 3.05) is 19.6 Å². The Morgan fingerprint density at radius 2 is 0.287 bits per heavy atom. The first-order valence-corrected chi connectivity index (χ1v) is 46.7. The summed E-state index contributed by atoms with van der Waals surface area (Å²) in [6, 6.07) is 175. The summed E-state index contributed by atoms with van der Waals surface area (Å²) >= 11 is 0. The van der Waals surface area contributed by atoms with Crippen LogP contribution in [0.3, 0.4) is 0 Å². The van der Waals surface area contributed by atoms with Gasteiger partial charge in [0.2, 0.25) is 0 Å². The molecular formula is C128H96N8. The number of aromatic nitrogens is 4. The van der Waals surface area contributed by atoms with Gasteiger partial charge in [-0.1, -0.05) is 265 Å². The van der Waals surface area contributed by atoms with Gasteiger partial charge in [0.05, 0.1) is 44.1 Å². The molecule has 0 spiro atoms. The predicted molar refractivity (Wildman–Crippen MR) is 579 cm³/mol. The van der Waals surface area contributed by atoms with Crippen molar-refractivity contribution in [1.29, 1.82) is 0 Å². The lowest BCUT2D eigenvalue weighted by molar-refractivity contribution is 1.18. The van der Waals surface area contributed by atoms with Crippen LogP contribution in [-0.4, -0.2) is 18.3 Å². The molecule has 0 radical (unpaired) electrons. The average molecular weight is 1750 g/mol. The molecule has 0 amide bonds. The molecule has 0 atom stereocenters. The van der Waals surface area contributed by atoms with Crippen LogP contribution >= 0.6 is 0 Å². The van der Waals surface area contributed by atoms with Crippen LogP contribution in [0.15, 0.2) is 485 Å². The lowest BCUT2D eigenvalue weighted by Crippen LogP contribution is -2.09. The van der Waals surface area contributed by atoms with E-state index in [1.54, 1.807) is 0 Å². The highest BCUT2D eigenvalue weighted by atomic mass is 15.2. The summed E-state index contributed by atoms with van der Waals surface area (Å²) in [6.07, 6.45) is 8.80. The standard InChI is InChI=1S/2C64H48N4/c2*1-45-23-37-61-57(41-45)59-43-55(35-39-63(59)67(61)51-19-11-5-12-20-51)65(49-15-7-3-8-16-49)53-31-27-47(28-32-53)25-26-48-29-33-54(34-30-48)66(50-17-9-4-10-18-50)56-36-40-64-60(44-56)58-42-46(2)24-38-62(58)68(64)52-21-13-6-14-22-52/h2*3-44H,1-2H3/b2*26-25+. The number of hydrogen-bond acceptors (Lipinski definition) is 4. The highest BCUT2D eigenvalue weighted by Crippen LogP contribution is 2.47. The van der Waals surface area contributed by atoms with Gasteiger partial charge in [-0.2, -0.15) is 0 Å². The number of hydrogen-bond donors (Lipinski definition) is 0. The summed E-state index contributed by atoms with van der Waals surface area (Å²) in [6.45, 7) is 8.69. The van der Waals surface area contributed by atoms with E-state index in [1.165, 1.54) is 109 Å². The Hall–Kier alpha value is -17.7. The Morgan fingerprint density at radius 1 is 0.140 bits per heavy atom. The minimum absolute atomic E-state index is 1.10. The van der Waals surface area contributed by atoms with Gasteiger partial charge in [-0.15, -0.1) is 0 Å². The molecule has 20 aromatic carbocycles. The van der Waals surface area contributed by atoms with E-state index in [0.29, 0.717) is 0 Å². The maximum absolute atomic E-state index is 2.38. The highest BCUT2D eigenvalue weighted by molar-refractivity contribution is 6.15. The Balaban J connectivity index is 0.000000153. The molecule has 0 aliphatic carbocycles. The van der Waals surface area contributed by atoms with Crippen LogP contribution in [0.4, 0.5) is 68.2 Å². The third-order valence-electron chi connectivity index (χ3n) is 26.3. The third kappa shape index (κ3) is 15.8. The molecule has 136 heavy (non-hydrogen) atoms. The van der Waals surface area contributed by atoms with E-state index >= 15 is 0 Å². The summed E-state index contributed by atoms with van der Waals surface area (Å²) < 4.78 is 9.51. The zero-order chi connectivity index (χ0) is 91.1. The number of fused-ring (bicyclic) bond motifs is 12. The van der Waals surface area contributed by atoms with Crippen LogP contribution in [0.5, 0.6) is 0 Å². The summed E-state index contributed by atoms with van der Waals surface area (Å²) in [7, 11) is 0. The van der Waals surface area contributed by atoms with Crippen molar-refractivity contribution in [3.63, 3.8) is 0 Å². The first-order valence-electron chi connectivity index (χ1n) is 46.7. The highest BCUT2D eigenvalue weighted by Gasteiger charge is 2.25. The first-order chi connectivity index (χ1) is 67.1. The second-order valence-electron chi connectivity index (χ2n) is 35.3. The van der Waals surface area contributed by atoms with Crippen molar-refractivity contribution >= 4 is 180 Å². The molecule has 0 aliphatic rings. The van der Waals surface area contributed by atoms with Gasteiger partial charge in [0.1, 0.15) is 0 Å². The van der Waals surface area contributed by atoms with Crippen molar-refractivity contribution in [2.24, 2.45) is 0 Å². The molecule has 24 aromatic rings. The molecule has 0 saturated heterocycles. The molecule has 8 nitrogen and oxygen atoms in total. The first kappa shape index (κ1) is 82.7. The van der Waals surface area contributed by atoms with Crippen molar-refractivity contribution in [3.8, 4) is 22.7 Å². The molecule has 0 aliphatic heterocycles. The smallest absolute Gasteiger partial charge is 0.0542 e. The van der Waals surface area contributed by atoms with Gasteiger partial charge < -0.3 is 37.9 Å². The Bertz CT molecular complexity index is 7550. The summed E-state index contributed by atoms with van der Waals surface area (Å²) in [5.41, 5.74) is 37.0. The van der Waals surface area contributed by atoms with Crippen LogP contribution in [0, 0.1) is 27.7 Å². The fourth-order valence-corrected chi connectivity index (χ4v) is 19.9. The number of nitrogens with zero attached hydrogens (tertiary/aromatic N) is 8. The van der Waals surface area contributed by atoms with E-state index in [9.17, 15) is 0 Å². The Labute approximate surface area is 792 Å². The van der Waals surface area contributed by atoms with Crippen LogP contribution < -0.4 is 19.6 Å².